The first kappa shape index (κ1) is 19.7. The zero-order valence-corrected chi connectivity index (χ0v) is 17.6. The first-order valence-corrected chi connectivity index (χ1v) is 10.8. The Morgan fingerprint density at radius 3 is 2.30 bits per heavy atom. The van der Waals surface area contributed by atoms with Crippen molar-refractivity contribution in [3.05, 3.63) is 69.8 Å². The maximum Gasteiger partial charge on any atom is 0.240 e. The number of hydrogen-bond acceptors (Lipinski definition) is 5. The van der Waals surface area contributed by atoms with E-state index in [0.717, 1.165) is 14.8 Å². The quantitative estimate of drug-likeness (QED) is 0.402. The van der Waals surface area contributed by atoms with Gasteiger partial charge in [-0.05, 0) is 59.8 Å². The lowest BCUT2D eigenvalue weighted by atomic mass is 10.1. The van der Waals surface area contributed by atoms with Crippen molar-refractivity contribution in [2.45, 2.75) is 11.8 Å². The molecule has 0 aliphatic carbocycles. The molecule has 0 aliphatic heterocycles. The largest absolute Gasteiger partial charge is 0.475 e. The lowest BCUT2D eigenvalue weighted by Crippen LogP contribution is -2.28. The summed E-state index contributed by atoms with van der Waals surface area (Å²) in [6, 6.07) is 18.2. The second-order valence-electron chi connectivity index (χ2n) is 5.82. The molecule has 0 unspecified atom stereocenters. The number of halogens is 1. The highest BCUT2D eigenvalue weighted by Gasteiger charge is 2.13. The Hall–Kier alpha value is -2.04. The summed E-state index contributed by atoms with van der Waals surface area (Å²) in [5.74, 6) is 0.347. The molecule has 0 amide bonds. The van der Waals surface area contributed by atoms with Crippen LogP contribution in [0.15, 0.2) is 65.6 Å². The van der Waals surface area contributed by atoms with E-state index in [-0.39, 0.29) is 18.0 Å². The number of nitrogens with zero attached hydrogens (tertiary/aromatic N) is 2. The third-order valence-electron chi connectivity index (χ3n) is 3.76. The average Bonchev–Trinajstić information content (AvgIpc) is 2.67. The standard InChI is InChI=1S/C19H18IN3O3S/c1-14-2-4-15(5-3-14)18-10-11-19(23-22-18)26-13-12-21-27(24,25)17-8-6-16(20)7-9-17/h2-11,21H,12-13H2,1H3. The van der Waals surface area contributed by atoms with E-state index >= 15 is 0 Å². The molecule has 0 spiro atoms. The summed E-state index contributed by atoms with van der Waals surface area (Å²) >= 11 is 2.12. The van der Waals surface area contributed by atoms with E-state index in [4.69, 9.17) is 4.74 Å². The van der Waals surface area contributed by atoms with E-state index in [1.54, 1.807) is 30.3 Å². The number of aromatic nitrogens is 2. The molecule has 0 radical (unpaired) electrons. The van der Waals surface area contributed by atoms with Crippen molar-refractivity contribution in [3.63, 3.8) is 0 Å². The summed E-state index contributed by atoms with van der Waals surface area (Å²) < 4.78 is 33.3. The minimum Gasteiger partial charge on any atom is -0.475 e. The third-order valence-corrected chi connectivity index (χ3v) is 5.95. The lowest BCUT2D eigenvalue weighted by Gasteiger charge is -2.08. The van der Waals surface area contributed by atoms with E-state index in [1.807, 2.05) is 37.3 Å². The van der Waals surface area contributed by atoms with Gasteiger partial charge in [0, 0.05) is 21.7 Å². The van der Waals surface area contributed by atoms with Crippen LogP contribution in [0.5, 0.6) is 5.88 Å². The van der Waals surface area contributed by atoms with Crippen LogP contribution in [-0.4, -0.2) is 31.8 Å². The highest BCUT2D eigenvalue weighted by atomic mass is 127. The summed E-state index contributed by atoms with van der Waals surface area (Å²) in [6.07, 6.45) is 0. The van der Waals surface area contributed by atoms with Gasteiger partial charge in [-0.3, -0.25) is 0 Å². The van der Waals surface area contributed by atoms with Gasteiger partial charge in [-0.1, -0.05) is 29.8 Å². The number of nitrogens with one attached hydrogen (secondary N) is 1. The van der Waals surface area contributed by atoms with Crippen LogP contribution in [0.4, 0.5) is 0 Å². The average molecular weight is 495 g/mol. The molecule has 3 rings (SSSR count). The Labute approximate surface area is 172 Å². The fourth-order valence-corrected chi connectivity index (χ4v) is 3.68. The van der Waals surface area contributed by atoms with E-state index in [0.29, 0.717) is 5.88 Å². The Balaban J connectivity index is 1.52. The maximum atomic E-state index is 12.2. The molecule has 1 aromatic heterocycles. The molecule has 27 heavy (non-hydrogen) atoms. The van der Waals surface area contributed by atoms with Gasteiger partial charge in [0.25, 0.3) is 0 Å². The van der Waals surface area contributed by atoms with Crippen molar-refractivity contribution in [1.82, 2.24) is 14.9 Å². The molecule has 0 bridgehead atoms. The molecular formula is C19H18IN3O3S. The Morgan fingerprint density at radius 1 is 0.963 bits per heavy atom. The molecule has 0 aliphatic rings. The number of sulfonamides is 1. The molecule has 140 valence electrons. The maximum absolute atomic E-state index is 12.2. The van der Waals surface area contributed by atoms with Crippen molar-refractivity contribution in [1.29, 1.82) is 0 Å². The van der Waals surface area contributed by atoms with Crippen LogP contribution < -0.4 is 9.46 Å². The second-order valence-corrected chi connectivity index (χ2v) is 8.84. The Kier molecular flexibility index (Phi) is 6.40. The van der Waals surface area contributed by atoms with Gasteiger partial charge >= 0.3 is 0 Å². The molecule has 6 nitrogen and oxygen atoms in total. The molecule has 0 saturated carbocycles. The fraction of sp³-hybridized carbons (Fsp3) is 0.158. The summed E-state index contributed by atoms with van der Waals surface area (Å²) in [5, 5.41) is 8.18. The minimum absolute atomic E-state index is 0.135. The van der Waals surface area contributed by atoms with E-state index in [1.165, 1.54) is 5.56 Å². The predicted octanol–water partition coefficient (Wildman–Crippen LogP) is 3.41. The Bertz CT molecular complexity index is 990. The number of ether oxygens (including phenoxy) is 1. The molecule has 0 saturated heterocycles. The number of benzene rings is 2. The molecule has 0 fully saturated rings. The SMILES string of the molecule is Cc1ccc(-c2ccc(OCCNS(=O)(=O)c3ccc(I)cc3)nn2)cc1. The van der Waals surface area contributed by atoms with Gasteiger partial charge in [0.15, 0.2) is 0 Å². The van der Waals surface area contributed by atoms with Gasteiger partial charge in [0.1, 0.15) is 6.61 Å². The molecular weight excluding hydrogens is 477 g/mol. The first-order valence-electron chi connectivity index (χ1n) is 8.23. The minimum atomic E-state index is -3.55. The van der Waals surface area contributed by atoms with E-state index in [2.05, 4.69) is 37.5 Å². The fourth-order valence-electron chi connectivity index (χ4n) is 2.30. The lowest BCUT2D eigenvalue weighted by molar-refractivity contribution is 0.307. The molecule has 3 aromatic rings. The molecule has 1 N–H and O–H groups in total. The predicted molar refractivity (Wildman–Crippen MR) is 112 cm³/mol. The smallest absolute Gasteiger partial charge is 0.240 e. The van der Waals surface area contributed by atoms with Gasteiger partial charge in [0.2, 0.25) is 15.9 Å². The number of hydrogen-bond donors (Lipinski definition) is 1. The number of aryl methyl sites for hydroxylation is 1. The first-order chi connectivity index (χ1) is 12.9. The van der Waals surface area contributed by atoms with Gasteiger partial charge in [0.05, 0.1) is 10.6 Å². The highest BCUT2D eigenvalue weighted by Crippen LogP contribution is 2.18. The molecule has 2 aromatic carbocycles. The van der Waals surface area contributed by atoms with Crippen LogP contribution in [0.25, 0.3) is 11.3 Å². The van der Waals surface area contributed by atoms with Crippen molar-refractivity contribution in [2.75, 3.05) is 13.2 Å². The molecule has 0 atom stereocenters. The normalized spacial score (nSPS) is 11.3. The van der Waals surface area contributed by atoms with Crippen LogP contribution in [0.3, 0.4) is 0 Å². The van der Waals surface area contributed by atoms with Gasteiger partial charge < -0.3 is 4.74 Å². The summed E-state index contributed by atoms with van der Waals surface area (Å²) in [4.78, 5) is 0.227. The van der Waals surface area contributed by atoms with Crippen molar-refractivity contribution >= 4 is 32.6 Å². The molecule has 1 heterocycles. The van der Waals surface area contributed by atoms with Crippen molar-refractivity contribution in [2.24, 2.45) is 0 Å². The number of rotatable bonds is 7. The monoisotopic (exact) mass is 495 g/mol. The van der Waals surface area contributed by atoms with Crippen LogP contribution in [-0.2, 0) is 10.0 Å². The van der Waals surface area contributed by atoms with Crippen LogP contribution in [0.1, 0.15) is 5.56 Å². The summed E-state index contributed by atoms with van der Waals surface area (Å²) in [5.41, 5.74) is 2.91. The van der Waals surface area contributed by atoms with Gasteiger partial charge in [-0.25, -0.2) is 13.1 Å². The summed E-state index contributed by atoms with van der Waals surface area (Å²) in [6.45, 7) is 2.32. The third kappa shape index (κ3) is 5.47. The zero-order chi connectivity index (χ0) is 19.3. The Morgan fingerprint density at radius 2 is 1.67 bits per heavy atom. The van der Waals surface area contributed by atoms with Gasteiger partial charge in [-0.15, -0.1) is 10.2 Å². The van der Waals surface area contributed by atoms with Crippen LogP contribution in [0, 0.1) is 10.5 Å². The topological polar surface area (TPSA) is 81.2 Å². The second kappa shape index (κ2) is 8.77. The van der Waals surface area contributed by atoms with Crippen LogP contribution in [0.2, 0.25) is 0 Å². The van der Waals surface area contributed by atoms with Gasteiger partial charge in [-0.2, -0.15) is 0 Å². The van der Waals surface area contributed by atoms with Crippen LogP contribution >= 0.6 is 22.6 Å². The highest BCUT2D eigenvalue weighted by molar-refractivity contribution is 14.1. The van der Waals surface area contributed by atoms with E-state index in [9.17, 15) is 8.42 Å². The zero-order valence-electron chi connectivity index (χ0n) is 14.6. The molecule has 8 heteroatoms. The summed E-state index contributed by atoms with van der Waals surface area (Å²) in [7, 11) is -3.55. The van der Waals surface area contributed by atoms with E-state index < -0.39 is 10.0 Å². The van der Waals surface area contributed by atoms with Crippen molar-refractivity contribution < 1.29 is 13.2 Å². The van der Waals surface area contributed by atoms with Crippen molar-refractivity contribution in [3.8, 4) is 17.1 Å².